The van der Waals surface area contributed by atoms with Crippen LogP contribution < -0.4 is 5.32 Å². The van der Waals surface area contributed by atoms with E-state index in [0.717, 1.165) is 0 Å². The van der Waals surface area contributed by atoms with Crippen molar-refractivity contribution in [2.24, 2.45) is 5.92 Å². The van der Waals surface area contributed by atoms with Crippen molar-refractivity contribution in [1.82, 2.24) is 5.32 Å². The van der Waals surface area contributed by atoms with E-state index < -0.39 is 17.8 Å². The highest BCUT2D eigenvalue weighted by Crippen LogP contribution is 2.10. The van der Waals surface area contributed by atoms with Gasteiger partial charge in [-0.05, 0) is 33.6 Å². The summed E-state index contributed by atoms with van der Waals surface area (Å²) in [5.41, 5.74) is -0.510. The van der Waals surface area contributed by atoms with Gasteiger partial charge in [-0.25, -0.2) is 4.79 Å². The minimum Gasteiger partial charge on any atom is -0.444 e. The predicted molar refractivity (Wildman–Crippen MR) is 59.7 cm³/mol. The number of nitrogens with one attached hydrogen (secondary N) is 1. The van der Waals surface area contributed by atoms with E-state index in [9.17, 15) is 9.90 Å². The molecule has 0 aromatic heterocycles. The Morgan fingerprint density at radius 3 is 2.00 bits per heavy atom. The molecule has 0 aliphatic heterocycles. The van der Waals surface area contributed by atoms with Crippen LogP contribution in [-0.4, -0.2) is 28.9 Å². The van der Waals surface area contributed by atoms with Crippen molar-refractivity contribution in [3.63, 3.8) is 0 Å². The molecule has 0 saturated carbocycles. The Kier molecular flexibility index (Phi) is 5.08. The molecule has 0 aromatic carbocycles. The van der Waals surface area contributed by atoms with Crippen LogP contribution in [-0.2, 0) is 4.74 Å². The predicted octanol–water partition coefficient (Wildman–Crippen LogP) is 1.92. The Morgan fingerprint density at radius 1 is 1.27 bits per heavy atom. The molecule has 2 atom stereocenters. The molecule has 4 nitrogen and oxygen atoms in total. The summed E-state index contributed by atoms with van der Waals surface area (Å²) in [5, 5.41) is 12.1. The van der Waals surface area contributed by atoms with Crippen LogP contribution in [0.15, 0.2) is 0 Å². The Balaban J connectivity index is 4.25. The molecule has 0 fully saturated rings. The van der Waals surface area contributed by atoms with Crippen LogP contribution in [0.5, 0.6) is 0 Å². The first-order valence-electron chi connectivity index (χ1n) is 5.31. The molecule has 2 N–H and O–H groups in total. The van der Waals surface area contributed by atoms with Gasteiger partial charge in [0, 0.05) is 0 Å². The van der Waals surface area contributed by atoms with Crippen molar-refractivity contribution < 1.29 is 14.6 Å². The number of ether oxygens (including phenoxy) is 1. The summed E-state index contributed by atoms with van der Waals surface area (Å²) in [6.45, 7) is 10.9. The number of hydrogen-bond acceptors (Lipinski definition) is 3. The van der Waals surface area contributed by atoms with Crippen molar-refractivity contribution >= 4 is 6.09 Å². The third-order valence-electron chi connectivity index (χ3n) is 1.92. The molecular formula is C11H23NO3. The van der Waals surface area contributed by atoms with Crippen molar-refractivity contribution in [2.45, 2.75) is 59.3 Å². The number of aliphatic hydroxyl groups excluding tert-OH is 1. The molecular weight excluding hydrogens is 194 g/mol. The molecule has 0 bridgehead atoms. The number of amides is 1. The third kappa shape index (κ3) is 6.33. The number of rotatable bonds is 3. The lowest BCUT2D eigenvalue weighted by molar-refractivity contribution is 0.0398. The van der Waals surface area contributed by atoms with E-state index in [1.807, 2.05) is 13.8 Å². The van der Waals surface area contributed by atoms with Gasteiger partial charge in [0.2, 0.25) is 0 Å². The Hall–Kier alpha value is -0.770. The molecule has 1 amide bonds. The van der Waals surface area contributed by atoms with Crippen molar-refractivity contribution in [3.8, 4) is 0 Å². The molecule has 0 aliphatic carbocycles. The quantitative estimate of drug-likeness (QED) is 0.759. The van der Waals surface area contributed by atoms with Crippen LogP contribution in [0.2, 0.25) is 0 Å². The number of aliphatic hydroxyl groups is 1. The first-order valence-corrected chi connectivity index (χ1v) is 5.31. The number of carbonyl (C=O) groups is 1. The molecule has 0 radical (unpaired) electrons. The van der Waals surface area contributed by atoms with E-state index in [0.29, 0.717) is 0 Å². The van der Waals surface area contributed by atoms with Crippen LogP contribution in [0, 0.1) is 5.92 Å². The zero-order valence-corrected chi connectivity index (χ0v) is 10.5. The second kappa shape index (κ2) is 5.35. The standard InChI is InChI=1S/C11H23NO3/c1-7(2)9(8(3)13)12-10(14)15-11(4,5)6/h7-9,13H,1-6H3,(H,12,14)/t8-,9-/m0/s1. The third-order valence-corrected chi connectivity index (χ3v) is 1.92. The smallest absolute Gasteiger partial charge is 0.407 e. The van der Waals surface area contributed by atoms with E-state index >= 15 is 0 Å². The molecule has 0 heterocycles. The van der Waals surface area contributed by atoms with Gasteiger partial charge in [0.05, 0.1) is 12.1 Å². The van der Waals surface area contributed by atoms with E-state index in [2.05, 4.69) is 5.32 Å². The Bertz CT molecular complexity index is 198. The van der Waals surface area contributed by atoms with Gasteiger partial charge < -0.3 is 15.2 Å². The van der Waals surface area contributed by atoms with Crippen LogP contribution in [0.3, 0.4) is 0 Å². The largest absolute Gasteiger partial charge is 0.444 e. The zero-order valence-electron chi connectivity index (χ0n) is 10.5. The minimum atomic E-state index is -0.586. The average Bonchev–Trinajstić information content (AvgIpc) is 1.95. The lowest BCUT2D eigenvalue weighted by Crippen LogP contribution is -2.47. The van der Waals surface area contributed by atoms with E-state index in [1.165, 1.54) is 0 Å². The zero-order chi connectivity index (χ0) is 12.2. The van der Waals surface area contributed by atoms with Gasteiger partial charge in [-0.2, -0.15) is 0 Å². The SMILES string of the molecule is CC(C)[C@H](NC(=O)OC(C)(C)C)[C@H](C)O. The topological polar surface area (TPSA) is 58.6 Å². The maximum absolute atomic E-state index is 11.4. The monoisotopic (exact) mass is 217 g/mol. The summed E-state index contributed by atoms with van der Waals surface area (Å²) >= 11 is 0. The van der Waals surface area contributed by atoms with Crippen molar-refractivity contribution in [2.75, 3.05) is 0 Å². The molecule has 0 spiro atoms. The van der Waals surface area contributed by atoms with E-state index in [-0.39, 0.29) is 12.0 Å². The van der Waals surface area contributed by atoms with Crippen molar-refractivity contribution in [3.05, 3.63) is 0 Å². The van der Waals surface area contributed by atoms with E-state index in [4.69, 9.17) is 4.74 Å². The fraction of sp³-hybridized carbons (Fsp3) is 0.909. The lowest BCUT2D eigenvalue weighted by Gasteiger charge is -2.27. The second-order valence-electron chi connectivity index (χ2n) is 5.16. The van der Waals surface area contributed by atoms with Gasteiger partial charge in [-0.15, -0.1) is 0 Å². The molecule has 0 aliphatic rings. The summed E-state index contributed by atoms with van der Waals surface area (Å²) in [7, 11) is 0. The minimum absolute atomic E-state index is 0.164. The van der Waals surface area contributed by atoms with Gasteiger partial charge in [0.15, 0.2) is 0 Å². The van der Waals surface area contributed by atoms with Crippen LogP contribution in [0.4, 0.5) is 4.79 Å². The second-order valence-corrected chi connectivity index (χ2v) is 5.16. The average molecular weight is 217 g/mol. The Labute approximate surface area is 92.0 Å². The maximum atomic E-state index is 11.4. The van der Waals surface area contributed by atoms with Crippen LogP contribution >= 0.6 is 0 Å². The molecule has 4 heteroatoms. The molecule has 90 valence electrons. The molecule has 0 saturated heterocycles. The summed E-state index contributed by atoms with van der Waals surface area (Å²) in [4.78, 5) is 11.4. The fourth-order valence-electron chi connectivity index (χ4n) is 1.29. The highest BCUT2D eigenvalue weighted by atomic mass is 16.6. The maximum Gasteiger partial charge on any atom is 0.407 e. The normalized spacial score (nSPS) is 16.0. The highest BCUT2D eigenvalue weighted by Gasteiger charge is 2.24. The van der Waals surface area contributed by atoms with Gasteiger partial charge in [0.25, 0.3) is 0 Å². The summed E-state index contributed by atoms with van der Waals surface area (Å²) in [6, 6.07) is -0.278. The van der Waals surface area contributed by atoms with Crippen LogP contribution in [0.25, 0.3) is 0 Å². The summed E-state index contributed by atoms with van der Waals surface area (Å²) in [6.07, 6.45) is -1.07. The molecule has 15 heavy (non-hydrogen) atoms. The van der Waals surface area contributed by atoms with Crippen LogP contribution in [0.1, 0.15) is 41.5 Å². The fourth-order valence-corrected chi connectivity index (χ4v) is 1.29. The summed E-state index contributed by atoms with van der Waals surface area (Å²) in [5.74, 6) is 0.164. The van der Waals surface area contributed by atoms with Gasteiger partial charge in [-0.1, -0.05) is 13.8 Å². The summed E-state index contributed by atoms with van der Waals surface area (Å²) < 4.78 is 5.11. The highest BCUT2D eigenvalue weighted by molar-refractivity contribution is 5.68. The lowest BCUT2D eigenvalue weighted by atomic mass is 10.00. The van der Waals surface area contributed by atoms with Gasteiger partial charge in [-0.3, -0.25) is 0 Å². The Morgan fingerprint density at radius 2 is 1.73 bits per heavy atom. The van der Waals surface area contributed by atoms with Crippen molar-refractivity contribution in [1.29, 1.82) is 0 Å². The number of alkyl carbamates (subject to hydrolysis) is 1. The number of hydrogen-bond donors (Lipinski definition) is 2. The first-order chi connectivity index (χ1) is 6.63. The number of carbonyl (C=O) groups excluding carboxylic acids is 1. The molecule has 0 aromatic rings. The molecule has 0 unspecified atom stereocenters. The molecule has 0 rings (SSSR count). The first kappa shape index (κ1) is 14.2. The van der Waals surface area contributed by atoms with Gasteiger partial charge in [0.1, 0.15) is 5.60 Å². The van der Waals surface area contributed by atoms with E-state index in [1.54, 1.807) is 27.7 Å². The van der Waals surface area contributed by atoms with Gasteiger partial charge >= 0.3 is 6.09 Å².